The number of nitrogens with zero attached hydrogens (tertiary/aromatic N) is 2. The van der Waals surface area contributed by atoms with Crippen LogP contribution in [0.25, 0.3) is 72.0 Å². The molecular formula is C54H38N2. The van der Waals surface area contributed by atoms with Crippen LogP contribution in [0.2, 0.25) is 0 Å². The van der Waals surface area contributed by atoms with Crippen molar-refractivity contribution >= 4 is 38.9 Å². The number of hydrogen-bond donors (Lipinski definition) is 0. The first-order valence-corrected chi connectivity index (χ1v) is 19.2. The first kappa shape index (κ1) is 33.2. The van der Waals surface area contributed by atoms with Crippen molar-refractivity contribution in [2.75, 3.05) is 4.90 Å². The fourth-order valence-electron chi connectivity index (χ4n) is 8.24. The van der Waals surface area contributed by atoms with Crippen molar-refractivity contribution in [2.45, 2.75) is 0 Å². The van der Waals surface area contributed by atoms with E-state index < -0.39 is 0 Å². The van der Waals surface area contributed by atoms with Crippen LogP contribution < -0.4 is 4.90 Å². The molecule has 2 nitrogen and oxygen atoms in total. The molecule has 0 fully saturated rings. The van der Waals surface area contributed by atoms with E-state index in [4.69, 9.17) is 0 Å². The Morgan fingerprint density at radius 3 is 1.50 bits per heavy atom. The third kappa shape index (κ3) is 5.95. The molecule has 0 atom stereocenters. The van der Waals surface area contributed by atoms with E-state index in [1.54, 1.807) is 0 Å². The molecule has 0 saturated carbocycles. The van der Waals surface area contributed by atoms with Crippen molar-refractivity contribution in [3.63, 3.8) is 0 Å². The second kappa shape index (κ2) is 14.4. The molecular weight excluding hydrogens is 677 g/mol. The van der Waals surface area contributed by atoms with Gasteiger partial charge in [0.15, 0.2) is 0 Å². The first-order chi connectivity index (χ1) is 27.8. The van der Waals surface area contributed by atoms with Gasteiger partial charge in [0, 0.05) is 33.3 Å². The van der Waals surface area contributed by atoms with Crippen molar-refractivity contribution in [2.24, 2.45) is 0 Å². The van der Waals surface area contributed by atoms with Gasteiger partial charge in [0.25, 0.3) is 0 Å². The molecule has 0 spiro atoms. The van der Waals surface area contributed by atoms with E-state index in [9.17, 15) is 0 Å². The molecule has 10 rings (SSSR count). The Labute approximate surface area is 327 Å². The van der Waals surface area contributed by atoms with Gasteiger partial charge in [0.05, 0.1) is 22.4 Å². The SMILES string of the molecule is c1ccc(-c2ccc(-n3c4ccccc4c4ccc(N(c5ccccc5-c5ccccc5)c5cccc(-c6ccccc6)c5-c5ccccc5)cc43)cc2)cc1. The van der Waals surface area contributed by atoms with Crippen molar-refractivity contribution < 1.29 is 0 Å². The summed E-state index contributed by atoms with van der Waals surface area (Å²) in [4.78, 5) is 2.47. The summed E-state index contributed by atoms with van der Waals surface area (Å²) >= 11 is 0. The predicted molar refractivity (Wildman–Crippen MR) is 237 cm³/mol. The summed E-state index contributed by atoms with van der Waals surface area (Å²) in [6.07, 6.45) is 0. The molecule has 0 amide bonds. The Balaban J connectivity index is 1.25. The molecule has 0 bridgehead atoms. The number of hydrogen-bond acceptors (Lipinski definition) is 1. The highest BCUT2D eigenvalue weighted by atomic mass is 15.1. The lowest BCUT2D eigenvalue weighted by atomic mass is 9.91. The van der Waals surface area contributed by atoms with Crippen LogP contribution in [0.1, 0.15) is 0 Å². The molecule has 2 heteroatoms. The zero-order chi connectivity index (χ0) is 37.3. The highest BCUT2D eigenvalue weighted by Gasteiger charge is 2.24. The van der Waals surface area contributed by atoms with Crippen LogP contribution in [0.5, 0.6) is 0 Å². The fourth-order valence-corrected chi connectivity index (χ4v) is 8.24. The van der Waals surface area contributed by atoms with Crippen LogP contribution in [0.4, 0.5) is 17.1 Å². The zero-order valence-corrected chi connectivity index (χ0v) is 30.8. The maximum atomic E-state index is 2.47. The van der Waals surface area contributed by atoms with Gasteiger partial charge in [0.2, 0.25) is 0 Å². The standard InChI is InChI=1S/C54H38N2/c1-5-18-39(19-6-1)40-32-34-44(35-33-40)55-51-30-16-14-27-48(51)49-37-36-45(38-53(49)55)56(50-29-15-13-26-46(50)41-20-7-2-8-21-41)52-31-17-28-47(42-22-9-3-10-23-42)54(52)43-24-11-4-12-25-43/h1-38H. The Kier molecular flexibility index (Phi) is 8.55. The van der Waals surface area contributed by atoms with E-state index in [-0.39, 0.29) is 0 Å². The van der Waals surface area contributed by atoms with Gasteiger partial charge in [-0.25, -0.2) is 0 Å². The minimum absolute atomic E-state index is 1.08. The molecule has 10 aromatic rings. The van der Waals surface area contributed by atoms with Crippen molar-refractivity contribution in [3.8, 4) is 50.2 Å². The molecule has 1 aromatic heterocycles. The van der Waals surface area contributed by atoms with Gasteiger partial charge < -0.3 is 9.47 Å². The summed E-state index contributed by atoms with van der Waals surface area (Å²) in [7, 11) is 0. The molecule has 0 radical (unpaired) electrons. The maximum Gasteiger partial charge on any atom is 0.0561 e. The number of anilines is 3. The molecule has 264 valence electrons. The largest absolute Gasteiger partial charge is 0.309 e. The van der Waals surface area contributed by atoms with Crippen molar-refractivity contribution in [1.82, 2.24) is 4.57 Å². The van der Waals surface area contributed by atoms with Crippen LogP contribution in [-0.2, 0) is 0 Å². The molecule has 0 unspecified atom stereocenters. The summed E-state index contributed by atoms with van der Waals surface area (Å²) in [6, 6.07) is 83.1. The van der Waals surface area contributed by atoms with Crippen molar-refractivity contribution in [1.29, 1.82) is 0 Å². The lowest BCUT2D eigenvalue weighted by Gasteiger charge is -2.31. The second-order valence-electron chi connectivity index (χ2n) is 14.1. The molecule has 56 heavy (non-hydrogen) atoms. The van der Waals surface area contributed by atoms with E-state index in [0.717, 1.165) is 39.4 Å². The molecule has 0 aliphatic heterocycles. The minimum Gasteiger partial charge on any atom is -0.309 e. The van der Waals surface area contributed by atoms with Gasteiger partial charge in [-0.05, 0) is 75.8 Å². The van der Waals surface area contributed by atoms with Gasteiger partial charge in [-0.2, -0.15) is 0 Å². The van der Waals surface area contributed by atoms with E-state index >= 15 is 0 Å². The van der Waals surface area contributed by atoms with E-state index in [1.165, 1.54) is 49.7 Å². The second-order valence-corrected chi connectivity index (χ2v) is 14.1. The van der Waals surface area contributed by atoms with Crippen molar-refractivity contribution in [3.05, 3.63) is 231 Å². The number of para-hydroxylation sites is 2. The van der Waals surface area contributed by atoms with Crippen LogP contribution in [-0.4, -0.2) is 4.57 Å². The summed E-state index contributed by atoms with van der Waals surface area (Å²) in [5.74, 6) is 0. The normalized spacial score (nSPS) is 11.2. The van der Waals surface area contributed by atoms with Crippen LogP contribution in [0, 0.1) is 0 Å². The predicted octanol–water partition coefficient (Wildman–Crippen LogP) is 14.9. The third-order valence-electron chi connectivity index (χ3n) is 10.8. The quantitative estimate of drug-likeness (QED) is 0.152. The average Bonchev–Trinajstić information content (AvgIpc) is 3.61. The Morgan fingerprint density at radius 1 is 0.304 bits per heavy atom. The number of fused-ring (bicyclic) bond motifs is 3. The topological polar surface area (TPSA) is 8.17 Å². The third-order valence-corrected chi connectivity index (χ3v) is 10.8. The van der Waals surface area contributed by atoms with Crippen LogP contribution >= 0.6 is 0 Å². The van der Waals surface area contributed by atoms with Gasteiger partial charge in [-0.3, -0.25) is 0 Å². The van der Waals surface area contributed by atoms with E-state index in [1.807, 2.05) is 0 Å². The Hall–Kier alpha value is -7.42. The molecule has 1 heterocycles. The van der Waals surface area contributed by atoms with Gasteiger partial charge in [-0.1, -0.05) is 188 Å². The smallest absolute Gasteiger partial charge is 0.0561 e. The monoisotopic (exact) mass is 714 g/mol. The van der Waals surface area contributed by atoms with Crippen LogP contribution in [0.3, 0.4) is 0 Å². The number of rotatable bonds is 8. The Morgan fingerprint density at radius 2 is 0.804 bits per heavy atom. The summed E-state index contributed by atoms with van der Waals surface area (Å²) in [6.45, 7) is 0. The molecule has 0 aliphatic rings. The Bertz CT molecular complexity index is 2930. The minimum atomic E-state index is 1.08. The van der Waals surface area contributed by atoms with Crippen LogP contribution in [0.15, 0.2) is 231 Å². The molecule has 0 saturated heterocycles. The highest BCUT2D eigenvalue weighted by molar-refractivity contribution is 6.11. The lowest BCUT2D eigenvalue weighted by molar-refractivity contribution is 1.18. The molecule has 9 aromatic carbocycles. The number of aromatic nitrogens is 1. The van der Waals surface area contributed by atoms with Gasteiger partial charge in [-0.15, -0.1) is 0 Å². The fraction of sp³-hybridized carbons (Fsp3) is 0. The summed E-state index contributed by atoms with van der Waals surface area (Å²) < 4.78 is 2.42. The first-order valence-electron chi connectivity index (χ1n) is 19.2. The average molecular weight is 715 g/mol. The zero-order valence-electron chi connectivity index (χ0n) is 30.8. The van der Waals surface area contributed by atoms with Gasteiger partial charge in [0.1, 0.15) is 0 Å². The molecule has 0 aliphatic carbocycles. The van der Waals surface area contributed by atoms with Gasteiger partial charge >= 0.3 is 0 Å². The molecule has 0 N–H and O–H groups in total. The summed E-state index contributed by atoms with van der Waals surface area (Å²) in [5, 5.41) is 2.45. The maximum absolute atomic E-state index is 2.47. The summed E-state index contributed by atoms with van der Waals surface area (Å²) in [5.41, 5.74) is 16.2. The number of benzene rings is 9. The van der Waals surface area contributed by atoms with E-state index in [0.29, 0.717) is 0 Å². The highest BCUT2D eigenvalue weighted by Crippen LogP contribution is 2.48. The van der Waals surface area contributed by atoms with E-state index in [2.05, 4.69) is 240 Å². The lowest BCUT2D eigenvalue weighted by Crippen LogP contribution is -2.13.